The van der Waals surface area contributed by atoms with E-state index in [1.54, 1.807) is 49.0 Å². The van der Waals surface area contributed by atoms with Crippen molar-refractivity contribution >= 4 is 40.4 Å². The fourth-order valence-corrected chi connectivity index (χ4v) is 2.71. The lowest BCUT2D eigenvalue weighted by Gasteiger charge is -2.10. The van der Waals surface area contributed by atoms with E-state index >= 15 is 0 Å². The zero-order valence-corrected chi connectivity index (χ0v) is 14.0. The second-order valence-corrected chi connectivity index (χ2v) is 5.93. The van der Waals surface area contributed by atoms with Crippen molar-refractivity contribution in [3.05, 3.63) is 47.1 Å². The Morgan fingerprint density at radius 3 is 2.76 bits per heavy atom. The Kier molecular flexibility index (Phi) is 4.75. The summed E-state index contributed by atoms with van der Waals surface area (Å²) in [5, 5.41) is 7.11. The van der Waals surface area contributed by atoms with Gasteiger partial charge in [-0.3, -0.25) is 9.59 Å². The van der Waals surface area contributed by atoms with Crippen LogP contribution in [-0.4, -0.2) is 41.4 Å². The van der Waals surface area contributed by atoms with Crippen LogP contribution in [-0.2, 0) is 9.59 Å². The number of urea groups is 1. The lowest BCUT2D eigenvalue weighted by atomic mass is 10.2. The average Bonchev–Trinajstić information content (AvgIpc) is 3.20. The van der Waals surface area contributed by atoms with Crippen LogP contribution in [0.2, 0.25) is 0 Å². The molecule has 1 fully saturated rings. The summed E-state index contributed by atoms with van der Waals surface area (Å²) in [5.74, 6) is -0.372. The second kappa shape index (κ2) is 7.14. The maximum atomic E-state index is 12.3. The number of hydrogen-bond acceptors (Lipinski definition) is 6. The average molecular weight is 358 g/mol. The highest BCUT2D eigenvalue weighted by Gasteiger charge is 2.34. The number of imide groups is 1. The van der Waals surface area contributed by atoms with Crippen molar-refractivity contribution in [1.82, 2.24) is 15.2 Å². The van der Waals surface area contributed by atoms with Crippen LogP contribution in [0.1, 0.15) is 5.56 Å². The standard InChI is InChI=1S/C16H14N4O4S/c1-24-11-4-2-10(3-5-11)8-12-14(22)20(16(23)18-12)9-13(21)19-15-17-6-7-25-15/h2-8H,9H2,1H3,(H,18,23)(H,17,19,21)/b12-8-. The van der Waals surface area contributed by atoms with E-state index in [0.717, 1.165) is 10.5 Å². The number of methoxy groups -OCH3 is 1. The summed E-state index contributed by atoms with van der Waals surface area (Å²) in [6.07, 6.45) is 3.09. The highest BCUT2D eigenvalue weighted by molar-refractivity contribution is 7.13. The Morgan fingerprint density at radius 2 is 2.12 bits per heavy atom. The van der Waals surface area contributed by atoms with Crippen LogP contribution in [0.15, 0.2) is 41.5 Å². The van der Waals surface area contributed by atoms with Gasteiger partial charge in [-0.25, -0.2) is 14.7 Å². The summed E-state index contributed by atoms with van der Waals surface area (Å²) in [5.41, 5.74) is 0.829. The first-order valence-electron chi connectivity index (χ1n) is 7.25. The first kappa shape index (κ1) is 16.7. The third-order valence-corrected chi connectivity index (χ3v) is 4.06. The molecule has 0 saturated carbocycles. The van der Waals surface area contributed by atoms with Crippen molar-refractivity contribution in [2.45, 2.75) is 0 Å². The fraction of sp³-hybridized carbons (Fsp3) is 0.125. The van der Waals surface area contributed by atoms with Gasteiger partial charge in [0, 0.05) is 11.6 Å². The number of carbonyl (C=O) groups is 3. The van der Waals surface area contributed by atoms with Gasteiger partial charge in [0.05, 0.1) is 7.11 Å². The predicted octanol–water partition coefficient (Wildman–Crippen LogP) is 1.68. The Hall–Kier alpha value is -3.20. The Morgan fingerprint density at radius 1 is 1.36 bits per heavy atom. The van der Waals surface area contributed by atoms with E-state index in [9.17, 15) is 14.4 Å². The molecule has 1 aliphatic rings. The van der Waals surface area contributed by atoms with E-state index in [2.05, 4.69) is 15.6 Å². The van der Waals surface area contributed by atoms with Crippen LogP contribution >= 0.6 is 11.3 Å². The largest absolute Gasteiger partial charge is 0.497 e. The molecule has 25 heavy (non-hydrogen) atoms. The maximum Gasteiger partial charge on any atom is 0.329 e. The summed E-state index contributed by atoms with van der Waals surface area (Å²) < 4.78 is 5.07. The zero-order chi connectivity index (χ0) is 17.8. The molecule has 0 radical (unpaired) electrons. The van der Waals surface area contributed by atoms with Crippen molar-refractivity contribution in [2.75, 3.05) is 19.0 Å². The molecule has 2 heterocycles. The molecule has 128 valence electrons. The van der Waals surface area contributed by atoms with Gasteiger partial charge in [0.25, 0.3) is 5.91 Å². The minimum Gasteiger partial charge on any atom is -0.497 e. The van der Waals surface area contributed by atoms with Gasteiger partial charge >= 0.3 is 6.03 Å². The van der Waals surface area contributed by atoms with Crippen molar-refractivity contribution in [2.24, 2.45) is 0 Å². The van der Waals surface area contributed by atoms with Crippen molar-refractivity contribution < 1.29 is 19.1 Å². The van der Waals surface area contributed by atoms with E-state index in [1.807, 2.05) is 0 Å². The van der Waals surface area contributed by atoms with Crippen molar-refractivity contribution in [3.63, 3.8) is 0 Å². The van der Waals surface area contributed by atoms with Crippen LogP contribution in [0.3, 0.4) is 0 Å². The maximum absolute atomic E-state index is 12.3. The molecule has 1 aromatic carbocycles. The predicted molar refractivity (Wildman–Crippen MR) is 92.0 cm³/mol. The van der Waals surface area contributed by atoms with E-state index < -0.39 is 17.8 Å². The number of thiazole rings is 1. The molecule has 9 heteroatoms. The van der Waals surface area contributed by atoms with Gasteiger partial charge in [-0.2, -0.15) is 0 Å². The van der Waals surface area contributed by atoms with Crippen LogP contribution in [0.5, 0.6) is 5.75 Å². The minimum absolute atomic E-state index is 0.109. The Labute approximate surface area is 147 Å². The lowest BCUT2D eigenvalue weighted by Crippen LogP contribution is -2.38. The third-order valence-electron chi connectivity index (χ3n) is 3.37. The van der Waals surface area contributed by atoms with Crippen molar-refractivity contribution in [3.8, 4) is 5.75 Å². The molecular formula is C16H14N4O4S. The SMILES string of the molecule is COc1ccc(/C=C2\NC(=O)N(CC(=O)Nc3nccs3)C2=O)cc1. The summed E-state index contributed by atoms with van der Waals surface area (Å²) in [6, 6.07) is 6.35. The highest BCUT2D eigenvalue weighted by atomic mass is 32.1. The second-order valence-electron chi connectivity index (χ2n) is 5.04. The van der Waals surface area contributed by atoms with Gasteiger partial charge in [-0.05, 0) is 23.8 Å². The van der Waals surface area contributed by atoms with E-state index in [-0.39, 0.29) is 12.2 Å². The quantitative estimate of drug-likeness (QED) is 0.626. The summed E-state index contributed by atoms with van der Waals surface area (Å²) in [7, 11) is 1.56. The van der Waals surface area contributed by atoms with Crippen molar-refractivity contribution in [1.29, 1.82) is 0 Å². The first-order chi connectivity index (χ1) is 12.1. The van der Waals surface area contributed by atoms with Gasteiger partial charge in [0.1, 0.15) is 18.0 Å². The molecular weight excluding hydrogens is 344 g/mol. The number of benzene rings is 1. The number of nitrogens with one attached hydrogen (secondary N) is 2. The molecule has 2 N–H and O–H groups in total. The number of nitrogens with zero attached hydrogens (tertiary/aromatic N) is 2. The van der Waals surface area contributed by atoms with Gasteiger partial charge in [-0.1, -0.05) is 12.1 Å². The Bertz CT molecular complexity index is 830. The summed E-state index contributed by atoms with van der Waals surface area (Å²) >= 11 is 1.25. The molecule has 2 aromatic rings. The number of ether oxygens (including phenoxy) is 1. The van der Waals surface area contributed by atoms with E-state index in [4.69, 9.17) is 4.74 Å². The zero-order valence-electron chi connectivity index (χ0n) is 13.2. The monoisotopic (exact) mass is 358 g/mol. The van der Waals surface area contributed by atoms with Gasteiger partial charge < -0.3 is 15.4 Å². The summed E-state index contributed by atoms with van der Waals surface area (Å²) in [6.45, 7) is -0.385. The molecule has 3 rings (SSSR count). The van der Waals surface area contributed by atoms with Crippen LogP contribution in [0, 0.1) is 0 Å². The Balaban J connectivity index is 1.68. The smallest absolute Gasteiger partial charge is 0.329 e. The summed E-state index contributed by atoms with van der Waals surface area (Å²) in [4.78, 5) is 41.0. The molecule has 8 nitrogen and oxygen atoms in total. The third kappa shape index (κ3) is 3.83. The topological polar surface area (TPSA) is 101 Å². The lowest BCUT2D eigenvalue weighted by molar-refractivity contribution is -0.127. The number of amides is 4. The molecule has 0 unspecified atom stereocenters. The first-order valence-corrected chi connectivity index (χ1v) is 8.13. The minimum atomic E-state index is -0.640. The number of carbonyl (C=O) groups excluding carboxylic acids is 3. The van der Waals surface area contributed by atoms with E-state index in [0.29, 0.717) is 10.9 Å². The van der Waals surface area contributed by atoms with E-state index in [1.165, 1.54) is 11.3 Å². The highest BCUT2D eigenvalue weighted by Crippen LogP contribution is 2.17. The van der Waals surface area contributed by atoms with Gasteiger partial charge in [0.2, 0.25) is 5.91 Å². The molecule has 1 saturated heterocycles. The molecule has 0 aliphatic carbocycles. The van der Waals surface area contributed by atoms with Crippen LogP contribution < -0.4 is 15.4 Å². The molecule has 0 atom stereocenters. The normalized spacial score (nSPS) is 15.4. The molecule has 0 bridgehead atoms. The van der Waals surface area contributed by atoms with Crippen LogP contribution in [0.25, 0.3) is 6.08 Å². The molecule has 1 aromatic heterocycles. The number of hydrogen-bond donors (Lipinski definition) is 2. The fourth-order valence-electron chi connectivity index (χ4n) is 2.17. The van der Waals surface area contributed by atoms with Gasteiger partial charge in [-0.15, -0.1) is 11.3 Å². The van der Waals surface area contributed by atoms with Gasteiger partial charge in [0.15, 0.2) is 5.13 Å². The number of anilines is 1. The number of aromatic nitrogens is 1. The number of rotatable bonds is 5. The molecule has 0 spiro atoms. The van der Waals surface area contributed by atoms with Crippen LogP contribution in [0.4, 0.5) is 9.93 Å². The molecule has 4 amide bonds. The molecule has 1 aliphatic heterocycles.